The van der Waals surface area contributed by atoms with Crippen LogP contribution in [-0.4, -0.2) is 18.1 Å². The Balaban J connectivity index is 1.51. The van der Waals surface area contributed by atoms with Crippen molar-refractivity contribution in [2.75, 3.05) is 0 Å². The predicted molar refractivity (Wildman–Crippen MR) is 95.7 cm³/mol. The van der Waals surface area contributed by atoms with Gasteiger partial charge in [0.25, 0.3) is 0 Å². The van der Waals surface area contributed by atoms with Gasteiger partial charge >= 0.3 is 0 Å². The Kier molecular flexibility index (Phi) is 3.61. The maximum absolute atomic E-state index is 6.47. The van der Waals surface area contributed by atoms with E-state index in [0.29, 0.717) is 6.42 Å². The molecule has 1 unspecified atom stereocenters. The minimum Gasteiger partial charge on any atom is -0.359 e. The van der Waals surface area contributed by atoms with Gasteiger partial charge in [-0.25, -0.2) is 0 Å². The van der Waals surface area contributed by atoms with Crippen LogP contribution in [0.2, 0.25) is 0 Å². The molecular formula is C21H27NO2. The highest BCUT2D eigenvalue weighted by molar-refractivity contribution is 6.01. The maximum Gasteiger partial charge on any atom is 0.249 e. The number of rotatable bonds is 3. The summed E-state index contributed by atoms with van der Waals surface area (Å²) in [6.07, 6.45) is 4.34. The summed E-state index contributed by atoms with van der Waals surface area (Å²) in [6.45, 7) is 11.3. The second kappa shape index (κ2) is 5.45. The van der Waals surface area contributed by atoms with Crippen LogP contribution < -0.4 is 0 Å². The van der Waals surface area contributed by atoms with Gasteiger partial charge in [0.05, 0.1) is 11.8 Å². The Morgan fingerprint density at radius 2 is 1.96 bits per heavy atom. The zero-order valence-corrected chi connectivity index (χ0v) is 14.9. The topological polar surface area (TPSA) is 30.8 Å². The van der Waals surface area contributed by atoms with Gasteiger partial charge < -0.3 is 9.57 Å². The van der Waals surface area contributed by atoms with Gasteiger partial charge in [0, 0.05) is 6.42 Å². The molecule has 1 heterocycles. The molecule has 0 spiro atoms. The lowest BCUT2D eigenvalue weighted by Crippen LogP contribution is -2.45. The quantitative estimate of drug-likeness (QED) is 0.738. The molecule has 0 saturated heterocycles. The van der Waals surface area contributed by atoms with Gasteiger partial charge in [-0.2, -0.15) is 0 Å². The van der Waals surface area contributed by atoms with E-state index in [9.17, 15) is 0 Å². The zero-order valence-electron chi connectivity index (χ0n) is 14.9. The Bertz CT molecular complexity index is 674. The van der Waals surface area contributed by atoms with Crippen molar-refractivity contribution >= 4 is 5.71 Å². The van der Waals surface area contributed by atoms with E-state index < -0.39 is 6.29 Å². The lowest BCUT2D eigenvalue weighted by molar-refractivity contribution is -0.204. The van der Waals surface area contributed by atoms with Crippen LogP contribution in [-0.2, 0) is 9.57 Å². The van der Waals surface area contributed by atoms with Crippen LogP contribution in [0.5, 0.6) is 0 Å². The molecule has 0 amide bonds. The van der Waals surface area contributed by atoms with Gasteiger partial charge in [0.2, 0.25) is 6.29 Å². The van der Waals surface area contributed by atoms with Gasteiger partial charge in [-0.15, -0.1) is 0 Å². The molecule has 3 nitrogen and oxygen atoms in total. The molecule has 3 aliphatic rings. The molecular weight excluding hydrogens is 298 g/mol. The van der Waals surface area contributed by atoms with Crippen molar-refractivity contribution in [3.8, 4) is 0 Å². The lowest BCUT2D eigenvalue weighted by atomic mass is 9.70. The first-order chi connectivity index (χ1) is 11.4. The first kappa shape index (κ1) is 15.9. The number of hydrogen-bond acceptors (Lipinski definition) is 3. The number of oxime groups is 1. The summed E-state index contributed by atoms with van der Waals surface area (Å²) in [5.74, 6) is 0.757. The van der Waals surface area contributed by atoms with Crippen molar-refractivity contribution in [3.63, 3.8) is 0 Å². The molecule has 3 heteroatoms. The van der Waals surface area contributed by atoms with Crippen LogP contribution in [0.1, 0.15) is 52.0 Å². The summed E-state index contributed by atoms with van der Waals surface area (Å²) in [5, 5.41) is 4.34. The van der Waals surface area contributed by atoms with E-state index in [-0.39, 0.29) is 16.9 Å². The average Bonchev–Trinajstić information content (AvgIpc) is 3.04. The molecule has 4 rings (SSSR count). The highest BCUT2D eigenvalue weighted by atomic mass is 16.8. The first-order valence-electron chi connectivity index (χ1n) is 9.01. The molecule has 1 aromatic carbocycles. The molecule has 4 atom stereocenters. The fraction of sp³-hybridized carbons (Fsp3) is 0.571. The summed E-state index contributed by atoms with van der Waals surface area (Å²) in [5.41, 5.74) is 3.44. The Morgan fingerprint density at radius 3 is 2.58 bits per heavy atom. The third kappa shape index (κ3) is 2.41. The van der Waals surface area contributed by atoms with Gasteiger partial charge in [-0.05, 0) is 47.1 Å². The lowest BCUT2D eigenvalue weighted by Gasteiger charge is -2.44. The molecule has 0 radical (unpaired) electrons. The van der Waals surface area contributed by atoms with E-state index in [1.54, 1.807) is 0 Å². The number of nitrogens with zero attached hydrogens (tertiary/aromatic N) is 1. The summed E-state index contributed by atoms with van der Waals surface area (Å²) in [4.78, 5) is 5.73. The zero-order chi connectivity index (χ0) is 16.9. The van der Waals surface area contributed by atoms with Crippen molar-refractivity contribution in [1.82, 2.24) is 0 Å². The molecule has 1 aromatic rings. The van der Waals surface area contributed by atoms with Crippen molar-refractivity contribution in [1.29, 1.82) is 0 Å². The largest absolute Gasteiger partial charge is 0.359 e. The van der Waals surface area contributed by atoms with Gasteiger partial charge in [0.15, 0.2) is 0 Å². The predicted octanol–water partition coefficient (Wildman–Crippen LogP) is 4.92. The molecule has 2 bridgehead atoms. The van der Waals surface area contributed by atoms with Gasteiger partial charge in [0.1, 0.15) is 0 Å². The molecule has 128 valence electrons. The molecule has 2 aliphatic carbocycles. The number of benzene rings is 1. The number of fused-ring (bicyclic) bond motifs is 2. The standard InChI is InChI=1S/C21H27NO2/c1-14-12-17(15-8-6-5-7-9-15)22-24-18(14)23-19-20(2,3)16-10-11-21(19,4)13-16/h5-9,16,18-19H,1,10-13H2,2-4H3/t16-,18?,19+,21+/m0/s1. The summed E-state index contributed by atoms with van der Waals surface area (Å²) in [6, 6.07) is 10.1. The highest BCUT2D eigenvalue weighted by Crippen LogP contribution is 2.63. The maximum atomic E-state index is 6.47. The minimum absolute atomic E-state index is 0.195. The second-order valence-corrected chi connectivity index (χ2v) is 8.61. The smallest absolute Gasteiger partial charge is 0.249 e. The third-order valence-corrected chi connectivity index (χ3v) is 6.49. The van der Waals surface area contributed by atoms with Crippen molar-refractivity contribution in [2.24, 2.45) is 21.9 Å². The van der Waals surface area contributed by atoms with E-state index in [1.807, 2.05) is 18.2 Å². The van der Waals surface area contributed by atoms with Crippen molar-refractivity contribution in [2.45, 2.75) is 58.8 Å². The Hall–Kier alpha value is -1.61. The fourth-order valence-corrected chi connectivity index (χ4v) is 5.14. The summed E-state index contributed by atoms with van der Waals surface area (Å²) in [7, 11) is 0. The monoisotopic (exact) mass is 325 g/mol. The van der Waals surface area contributed by atoms with Crippen LogP contribution in [0, 0.1) is 16.7 Å². The van der Waals surface area contributed by atoms with Gasteiger partial charge in [-0.3, -0.25) is 0 Å². The van der Waals surface area contributed by atoms with Crippen LogP contribution in [0.3, 0.4) is 0 Å². The highest BCUT2D eigenvalue weighted by Gasteiger charge is 2.60. The molecule has 1 aliphatic heterocycles. The first-order valence-corrected chi connectivity index (χ1v) is 9.01. The molecule has 2 fully saturated rings. The molecule has 0 aromatic heterocycles. The average molecular weight is 325 g/mol. The fourth-order valence-electron chi connectivity index (χ4n) is 5.14. The van der Waals surface area contributed by atoms with E-state index in [2.05, 4.69) is 44.6 Å². The third-order valence-electron chi connectivity index (χ3n) is 6.49. The van der Waals surface area contributed by atoms with Crippen LogP contribution in [0.15, 0.2) is 47.6 Å². The SMILES string of the molecule is C=C1CC(c2ccccc2)=NOC1O[C@@H]1C(C)(C)[C@H]2CC[C@]1(C)C2. The molecule has 2 saturated carbocycles. The Labute approximate surface area is 144 Å². The van der Waals surface area contributed by atoms with Crippen molar-refractivity contribution < 1.29 is 9.57 Å². The summed E-state index contributed by atoms with van der Waals surface area (Å²) < 4.78 is 6.47. The van der Waals surface area contributed by atoms with E-state index in [0.717, 1.165) is 22.8 Å². The number of hydrogen-bond donors (Lipinski definition) is 0. The van der Waals surface area contributed by atoms with Crippen LogP contribution in [0.25, 0.3) is 0 Å². The normalized spacial score (nSPS) is 37.2. The van der Waals surface area contributed by atoms with Crippen LogP contribution in [0.4, 0.5) is 0 Å². The second-order valence-electron chi connectivity index (χ2n) is 8.61. The minimum atomic E-state index is -0.419. The van der Waals surface area contributed by atoms with Crippen LogP contribution >= 0.6 is 0 Å². The summed E-state index contributed by atoms with van der Waals surface area (Å²) >= 11 is 0. The van der Waals surface area contributed by atoms with E-state index in [4.69, 9.17) is 9.57 Å². The van der Waals surface area contributed by atoms with Gasteiger partial charge in [-0.1, -0.05) is 62.8 Å². The molecule has 24 heavy (non-hydrogen) atoms. The number of ether oxygens (including phenoxy) is 1. The molecule has 0 N–H and O–H groups in total. The Morgan fingerprint density at radius 1 is 1.21 bits per heavy atom. The van der Waals surface area contributed by atoms with E-state index in [1.165, 1.54) is 19.3 Å². The van der Waals surface area contributed by atoms with Crippen molar-refractivity contribution in [3.05, 3.63) is 48.0 Å². The van der Waals surface area contributed by atoms with E-state index >= 15 is 0 Å².